The normalized spacial score (nSPS) is 37.7. The molecule has 3 fully saturated rings. The molecular formula is C49H77NO12. The number of aliphatic hydroxyl groups is 2. The van der Waals surface area contributed by atoms with Gasteiger partial charge in [0.1, 0.15) is 30.1 Å². The fourth-order valence-electron chi connectivity index (χ4n) is 9.96. The smallest absolute Gasteiger partial charge is 0.329 e. The Labute approximate surface area is 370 Å². The van der Waals surface area contributed by atoms with E-state index in [2.05, 4.69) is 26.0 Å². The Kier molecular flexibility index (Phi) is 20.2. The highest BCUT2D eigenvalue weighted by Gasteiger charge is 2.56. The molecule has 0 unspecified atom stereocenters. The number of esters is 1. The number of carbonyl (C=O) groups excluding carboxylic acids is 5. The van der Waals surface area contributed by atoms with Crippen LogP contribution < -0.4 is 0 Å². The van der Waals surface area contributed by atoms with Crippen LogP contribution in [-0.4, -0.2) is 121 Å². The van der Waals surface area contributed by atoms with Crippen LogP contribution in [0.15, 0.2) is 35.5 Å². The number of Topliss-reactive ketones (excluding diaryl/α,β-unsaturated/α-hetero) is 3. The SMILES string of the molecule is CCCCC/C=C/C[C@@H]1/C=C(\C)C[C@H](C)C[C@H](OC)[C@H]2O[C@@](O)(C(=O)C(=O)N3CCCC[C@H]3C(=O)O[C@H](/C(C)=C/[C@@H]3CCC(=O)[C@H](OC)C3)[C@H](C)[C@@H](O)CC1=O)[C@H](C)C[C@@H]2OC. The summed E-state index contributed by atoms with van der Waals surface area (Å²) in [5.41, 5.74) is 1.62. The number of hydrogen-bond donors (Lipinski definition) is 2. The summed E-state index contributed by atoms with van der Waals surface area (Å²) in [6, 6.07) is -1.15. The summed E-state index contributed by atoms with van der Waals surface area (Å²) in [6.45, 7) is 11.5. The summed E-state index contributed by atoms with van der Waals surface area (Å²) in [5, 5.41) is 24.0. The lowest BCUT2D eigenvalue weighted by Crippen LogP contribution is -2.64. The number of hydrogen-bond acceptors (Lipinski definition) is 12. The zero-order valence-electron chi connectivity index (χ0n) is 39.0. The molecule has 1 amide bonds. The van der Waals surface area contributed by atoms with E-state index in [-0.39, 0.29) is 49.2 Å². The number of cyclic esters (lactones) is 1. The van der Waals surface area contributed by atoms with E-state index in [1.165, 1.54) is 26.2 Å². The number of unbranched alkanes of at least 4 members (excludes halogenated alkanes) is 3. The highest BCUT2D eigenvalue weighted by atomic mass is 16.7. The lowest BCUT2D eigenvalue weighted by Gasteiger charge is -2.47. The molecule has 13 atom stereocenters. The average Bonchev–Trinajstić information content (AvgIpc) is 3.25. The van der Waals surface area contributed by atoms with Gasteiger partial charge >= 0.3 is 5.97 Å². The van der Waals surface area contributed by atoms with Gasteiger partial charge in [-0.15, -0.1) is 0 Å². The third-order valence-corrected chi connectivity index (χ3v) is 13.8. The van der Waals surface area contributed by atoms with E-state index in [0.717, 1.165) is 31.3 Å². The zero-order valence-corrected chi connectivity index (χ0v) is 39.0. The van der Waals surface area contributed by atoms with E-state index in [0.29, 0.717) is 56.9 Å². The molecule has 3 heterocycles. The molecule has 3 aliphatic heterocycles. The number of amides is 1. The van der Waals surface area contributed by atoms with Crippen molar-refractivity contribution in [2.24, 2.45) is 29.6 Å². The number of ether oxygens (including phenoxy) is 5. The van der Waals surface area contributed by atoms with Gasteiger partial charge in [0.05, 0.1) is 18.3 Å². The number of piperidine rings is 1. The minimum Gasteiger partial charge on any atom is -0.456 e. The lowest BCUT2D eigenvalue weighted by molar-refractivity contribution is -0.302. The fourth-order valence-corrected chi connectivity index (χ4v) is 9.96. The first kappa shape index (κ1) is 51.6. The molecule has 2 N–H and O–H groups in total. The highest BCUT2D eigenvalue weighted by molar-refractivity contribution is 6.39. The van der Waals surface area contributed by atoms with Gasteiger partial charge in [-0.05, 0) is 102 Å². The van der Waals surface area contributed by atoms with Crippen LogP contribution in [0.2, 0.25) is 0 Å². The van der Waals surface area contributed by atoms with Crippen LogP contribution >= 0.6 is 0 Å². The van der Waals surface area contributed by atoms with Crippen molar-refractivity contribution in [3.8, 4) is 0 Å². The molecule has 4 rings (SSSR count). The van der Waals surface area contributed by atoms with Gasteiger partial charge in [-0.25, -0.2) is 4.79 Å². The molecule has 1 saturated carbocycles. The van der Waals surface area contributed by atoms with Crippen LogP contribution in [0.4, 0.5) is 0 Å². The number of aliphatic hydroxyl groups excluding tert-OH is 1. The number of rotatable bonds is 11. The zero-order chi connectivity index (χ0) is 45.7. The third-order valence-electron chi connectivity index (χ3n) is 13.8. The first-order valence-electron chi connectivity index (χ1n) is 23.3. The van der Waals surface area contributed by atoms with Crippen LogP contribution in [0.1, 0.15) is 138 Å². The van der Waals surface area contributed by atoms with Gasteiger partial charge in [-0.3, -0.25) is 19.2 Å². The molecule has 0 aromatic carbocycles. The molecule has 0 radical (unpaired) electrons. The number of methoxy groups -OCH3 is 3. The van der Waals surface area contributed by atoms with E-state index in [9.17, 15) is 34.2 Å². The Morgan fingerprint density at radius 3 is 2.31 bits per heavy atom. The molecule has 4 aliphatic rings. The Morgan fingerprint density at radius 1 is 0.919 bits per heavy atom. The molecule has 350 valence electrons. The molecule has 0 aromatic heterocycles. The predicted octanol–water partition coefficient (Wildman–Crippen LogP) is 6.80. The molecule has 0 aromatic rings. The Hall–Kier alpha value is -3.07. The summed E-state index contributed by atoms with van der Waals surface area (Å²) < 4.78 is 29.9. The largest absolute Gasteiger partial charge is 0.456 e. The number of nitrogens with zero attached hydrogens (tertiary/aromatic N) is 1. The summed E-state index contributed by atoms with van der Waals surface area (Å²) in [5.74, 6) is -7.74. The maximum Gasteiger partial charge on any atom is 0.329 e. The van der Waals surface area contributed by atoms with Crippen LogP contribution in [-0.2, 0) is 47.7 Å². The monoisotopic (exact) mass is 872 g/mol. The maximum atomic E-state index is 14.4. The van der Waals surface area contributed by atoms with Crippen LogP contribution in [0.3, 0.4) is 0 Å². The van der Waals surface area contributed by atoms with Gasteiger partial charge < -0.3 is 38.8 Å². The predicted molar refractivity (Wildman–Crippen MR) is 235 cm³/mol. The van der Waals surface area contributed by atoms with Crippen molar-refractivity contribution in [2.75, 3.05) is 27.9 Å². The van der Waals surface area contributed by atoms with Crippen LogP contribution in [0, 0.1) is 29.6 Å². The van der Waals surface area contributed by atoms with Gasteiger partial charge in [0.25, 0.3) is 11.7 Å². The Bertz CT molecular complexity index is 1620. The Morgan fingerprint density at radius 2 is 1.63 bits per heavy atom. The van der Waals surface area contributed by atoms with Gasteiger partial charge in [0.15, 0.2) is 5.78 Å². The van der Waals surface area contributed by atoms with Crippen molar-refractivity contribution in [3.63, 3.8) is 0 Å². The van der Waals surface area contributed by atoms with Gasteiger partial charge in [-0.2, -0.15) is 0 Å². The quantitative estimate of drug-likeness (QED) is 0.0964. The van der Waals surface area contributed by atoms with Crippen molar-refractivity contribution in [1.82, 2.24) is 4.90 Å². The second kappa shape index (κ2) is 24.3. The summed E-state index contributed by atoms with van der Waals surface area (Å²) in [6.07, 6.45) is 11.8. The minimum absolute atomic E-state index is 0.0105. The highest BCUT2D eigenvalue weighted by Crippen LogP contribution is 2.39. The average molecular weight is 872 g/mol. The first-order valence-corrected chi connectivity index (χ1v) is 23.3. The van der Waals surface area contributed by atoms with E-state index >= 15 is 0 Å². The number of ketones is 3. The molecule has 13 heteroatoms. The van der Waals surface area contributed by atoms with E-state index in [4.69, 9.17) is 23.7 Å². The second-order valence-electron chi connectivity index (χ2n) is 18.8. The van der Waals surface area contributed by atoms with Crippen molar-refractivity contribution in [1.29, 1.82) is 0 Å². The molecule has 0 spiro atoms. The molecule has 1 aliphatic carbocycles. The summed E-state index contributed by atoms with van der Waals surface area (Å²) in [7, 11) is 4.58. The van der Waals surface area contributed by atoms with Crippen LogP contribution in [0.25, 0.3) is 0 Å². The second-order valence-corrected chi connectivity index (χ2v) is 18.8. The molecule has 13 nitrogen and oxygen atoms in total. The van der Waals surface area contributed by atoms with Crippen LogP contribution in [0.5, 0.6) is 0 Å². The lowest BCUT2D eigenvalue weighted by atomic mass is 9.82. The fraction of sp³-hybridized carbons (Fsp3) is 0.776. The van der Waals surface area contributed by atoms with Crippen molar-refractivity contribution >= 4 is 29.2 Å². The molecular weight excluding hydrogens is 795 g/mol. The maximum absolute atomic E-state index is 14.4. The first-order chi connectivity index (χ1) is 29.5. The molecule has 62 heavy (non-hydrogen) atoms. The van der Waals surface area contributed by atoms with Crippen molar-refractivity contribution in [3.05, 3.63) is 35.5 Å². The minimum atomic E-state index is -2.52. The van der Waals surface area contributed by atoms with E-state index < -0.39 is 83.9 Å². The Balaban J connectivity index is 1.78. The number of allylic oxidation sites excluding steroid dienone is 5. The van der Waals surface area contributed by atoms with Crippen molar-refractivity contribution in [2.45, 2.75) is 186 Å². The van der Waals surface area contributed by atoms with E-state index in [1.807, 2.05) is 26.0 Å². The van der Waals surface area contributed by atoms with Gasteiger partial charge in [-0.1, -0.05) is 70.4 Å². The van der Waals surface area contributed by atoms with Gasteiger partial charge in [0.2, 0.25) is 5.79 Å². The van der Waals surface area contributed by atoms with Gasteiger partial charge in [0, 0.05) is 58.5 Å². The third kappa shape index (κ3) is 13.3. The topological polar surface area (TPSA) is 175 Å². The summed E-state index contributed by atoms with van der Waals surface area (Å²) in [4.78, 5) is 71.0. The number of carbonyl (C=O) groups is 5. The van der Waals surface area contributed by atoms with Crippen molar-refractivity contribution < 1.29 is 57.9 Å². The van der Waals surface area contributed by atoms with E-state index in [1.54, 1.807) is 13.8 Å². The standard InChI is InChI=1S/C49H77NO12/c1-10-11-12-13-14-15-18-36-24-30(2)23-31(3)25-42(59-8)45-43(60-9)27-33(5)49(57,62-45)46(54)47(55)50-22-17-16-19-37(50)48(56)61-44(34(6)39(52)29-40(36)53)32(4)26-35-20-21-38(51)41(28-35)58-7/h14-15,24,26,31,33-37,39,41-45,52,57H,10-13,16-23,25,27-29H2,1-9H3/b15-14+,30-24+,32-26+/t31-,33+,34+,35-,36+,37-,39-,41+,42-,43-,44+,45+,49+/m0/s1. The molecule has 2 bridgehead atoms. The summed E-state index contributed by atoms with van der Waals surface area (Å²) >= 11 is 0. The molecule has 2 saturated heterocycles. The number of fused-ring (bicyclic) bond motifs is 3.